The molecule has 0 radical (unpaired) electrons. The molecule has 1 aromatic heterocycles. The molecule has 1 heterocycles. The zero-order valence-corrected chi connectivity index (χ0v) is 12.1. The van der Waals surface area contributed by atoms with Gasteiger partial charge in [-0.2, -0.15) is 4.98 Å². The Balaban J connectivity index is 1.88. The minimum absolute atomic E-state index is 0.227. The molecular formula is C15H25N3O2. The fourth-order valence-corrected chi connectivity index (χ4v) is 2.03. The van der Waals surface area contributed by atoms with Gasteiger partial charge in [-0.3, -0.25) is 0 Å². The lowest BCUT2D eigenvalue weighted by atomic mass is 10.0. The zero-order valence-electron chi connectivity index (χ0n) is 12.1. The van der Waals surface area contributed by atoms with E-state index in [1.54, 1.807) is 0 Å². The molecule has 112 valence electrons. The van der Waals surface area contributed by atoms with Crippen molar-refractivity contribution in [2.45, 2.75) is 32.6 Å². The smallest absolute Gasteiger partial charge is 0.239 e. The van der Waals surface area contributed by atoms with E-state index in [2.05, 4.69) is 17.2 Å². The standard InChI is InChI=1S/C15H25N3O2/c1-2-11(7-8-19)9-17-14-6-5-13(16)15(18-14)20-10-12-3-4-12/h5-6,11-12,19H,2-4,7-10,16H2,1H3,(H,17,18). The lowest BCUT2D eigenvalue weighted by molar-refractivity contribution is 0.258. The van der Waals surface area contributed by atoms with Crippen LogP contribution in [0.25, 0.3) is 0 Å². The van der Waals surface area contributed by atoms with Crippen LogP contribution in [0.3, 0.4) is 0 Å². The van der Waals surface area contributed by atoms with Gasteiger partial charge in [-0.1, -0.05) is 13.3 Å². The van der Waals surface area contributed by atoms with Crippen molar-refractivity contribution < 1.29 is 9.84 Å². The number of ether oxygens (including phenoxy) is 1. The predicted octanol–water partition coefficient (Wildman–Crippen LogP) is 2.27. The Bertz CT molecular complexity index is 422. The van der Waals surface area contributed by atoms with Crippen LogP contribution in [-0.2, 0) is 0 Å². The summed E-state index contributed by atoms with van der Waals surface area (Å²) >= 11 is 0. The van der Waals surface area contributed by atoms with E-state index >= 15 is 0 Å². The van der Waals surface area contributed by atoms with Crippen LogP contribution < -0.4 is 15.8 Å². The summed E-state index contributed by atoms with van der Waals surface area (Å²) in [6.45, 7) is 3.87. The van der Waals surface area contributed by atoms with E-state index in [0.29, 0.717) is 30.0 Å². The van der Waals surface area contributed by atoms with Crippen LogP contribution in [0.2, 0.25) is 0 Å². The number of pyridine rings is 1. The Labute approximate surface area is 120 Å². The number of rotatable bonds is 9. The highest BCUT2D eigenvalue weighted by molar-refractivity contribution is 5.53. The lowest BCUT2D eigenvalue weighted by Gasteiger charge is -2.15. The van der Waals surface area contributed by atoms with Crippen LogP contribution >= 0.6 is 0 Å². The summed E-state index contributed by atoms with van der Waals surface area (Å²) in [6, 6.07) is 3.69. The maximum atomic E-state index is 8.99. The Kier molecular flexibility index (Phi) is 5.47. The van der Waals surface area contributed by atoms with Gasteiger partial charge in [0.15, 0.2) is 0 Å². The molecule has 1 atom stereocenters. The number of nitrogen functional groups attached to an aromatic ring is 1. The molecule has 5 nitrogen and oxygen atoms in total. The minimum atomic E-state index is 0.227. The van der Waals surface area contributed by atoms with Gasteiger partial charge < -0.3 is 20.9 Å². The molecule has 1 aromatic rings. The quantitative estimate of drug-likeness (QED) is 0.646. The van der Waals surface area contributed by atoms with Gasteiger partial charge >= 0.3 is 0 Å². The van der Waals surface area contributed by atoms with Crippen molar-refractivity contribution >= 4 is 11.5 Å². The van der Waals surface area contributed by atoms with E-state index in [9.17, 15) is 0 Å². The van der Waals surface area contributed by atoms with Gasteiger partial charge in [0.1, 0.15) is 5.82 Å². The van der Waals surface area contributed by atoms with Gasteiger partial charge in [-0.25, -0.2) is 0 Å². The van der Waals surface area contributed by atoms with E-state index in [1.165, 1.54) is 12.8 Å². The molecule has 1 aliphatic carbocycles. The number of aromatic nitrogens is 1. The van der Waals surface area contributed by atoms with Gasteiger partial charge in [-0.05, 0) is 43.2 Å². The number of anilines is 2. The average molecular weight is 279 g/mol. The number of aliphatic hydroxyl groups is 1. The molecule has 1 saturated carbocycles. The first-order chi connectivity index (χ1) is 9.72. The van der Waals surface area contributed by atoms with Gasteiger partial charge in [0.05, 0.1) is 12.3 Å². The summed E-state index contributed by atoms with van der Waals surface area (Å²) in [6.07, 6.45) is 4.34. The highest BCUT2D eigenvalue weighted by Crippen LogP contribution is 2.30. The molecule has 2 rings (SSSR count). The first-order valence-electron chi connectivity index (χ1n) is 7.47. The third-order valence-corrected chi connectivity index (χ3v) is 3.73. The van der Waals surface area contributed by atoms with E-state index in [1.807, 2.05) is 12.1 Å². The van der Waals surface area contributed by atoms with Gasteiger partial charge in [-0.15, -0.1) is 0 Å². The van der Waals surface area contributed by atoms with Gasteiger partial charge in [0.25, 0.3) is 0 Å². The zero-order chi connectivity index (χ0) is 14.4. The Morgan fingerprint density at radius 2 is 2.30 bits per heavy atom. The molecule has 4 N–H and O–H groups in total. The second-order valence-electron chi connectivity index (χ2n) is 5.51. The van der Waals surface area contributed by atoms with Crippen LogP contribution in [0.4, 0.5) is 11.5 Å². The number of hydrogen-bond donors (Lipinski definition) is 3. The maximum absolute atomic E-state index is 8.99. The third kappa shape index (κ3) is 4.56. The van der Waals surface area contributed by atoms with E-state index in [0.717, 1.165) is 25.2 Å². The number of nitrogens with one attached hydrogen (secondary N) is 1. The Morgan fingerprint density at radius 1 is 1.50 bits per heavy atom. The molecule has 1 unspecified atom stereocenters. The highest BCUT2D eigenvalue weighted by Gasteiger charge is 2.22. The normalized spacial score (nSPS) is 15.9. The Hall–Kier alpha value is -1.49. The fourth-order valence-electron chi connectivity index (χ4n) is 2.03. The van der Waals surface area contributed by atoms with E-state index in [-0.39, 0.29) is 6.61 Å². The molecule has 0 amide bonds. The van der Waals surface area contributed by atoms with Crippen molar-refractivity contribution in [1.82, 2.24) is 4.98 Å². The number of hydrogen-bond acceptors (Lipinski definition) is 5. The van der Waals surface area contributed by atoms with Gasteiger partial charge in [0, 0.05) is 13.2 Å². The Morgan fingerprint density at radius 3 is 2.95 bits per heavy atom. The molecule has 5 heteroatoms. The molecule has 1 fully saturated rings. The highest BCUT2D eigenvalue weighted by atomic mass is 16.5. The molecule has 0 aromatic carbocycles. The molecule has 0 bridgehead atoms. The molecule has 1 aliphatic rings. The van der Waals surface area contributed by atoms with Crippen molar-refractivity contribution in [1.29, 1.82) is 0 Å². The summed E-state index contributed by atoms with van der Waals surface area (Å²) in [5.74, 6) is 2.44. The predicted molar refractivity (Wildman–Crippen MR) is 80.8 cm³/mol. The maximum Gasteiger partial charge on any atom is 0.239 e. The van der Waals surface area contributed by atoms with Crippen molar-refractivity contribution in [3.63, 3.8) is 0 Å². The summed E-state index contributed by atoms with van der Waals surface area (Å²) < 4.78 is 5.67. The molecule has 0 saturated heterocycles. The summed E-state index contributed by atoms with van der Waals surface area (Å²) in [4.78, 5) is 4.42. The SMILES string of the molecule is CCC(CCO)CNc1ccc(N)c(OCC2CC2)n1. The monoisotopic (exact) mass is 279 g/mol. The lowest BCUT2D eigenvalue weighted by Crippen LogP contribution is -2.16. The number of aliphatic hydroxyl groups excluding tert-OH is 1. The topological polar surface area (TPSA) is 80.4 Å². The van der Waals surface area contributed by atoms with Crippen LogP contribution in [0.5, 0.6) is 5.88 Å². The molecular weight excluding hydrogens is 254 g/mol. The first kappa shape index (κ1) is 14.9. The van der Waals surface area contributed by atoms with Crippen LogP contribution in [0.1, 0.15) is 32.6 Å². The summed E-state index contributed by atoms with van der Waals surface area (Å²) in [5, 5.41) is 12.3. The van der Waals surface area contributed by atoms with Crippen molar-refractivity contribution in [2.24, 2.45) is 11.8 Å². The van der Waals surface area contributed by atoms with Crippen LogP contribution in [-0.4, -0.2) is 29.8 Å². The molecule has 0 aliphatic heterocycles. The summed E-state index contributed by atoms with van der Waals surface area (Å²) in [7, 11) is 0. The second-order valence-corrected chi connectivity index (χ2v) is 5.51. The van der Waals surface area contributed by atoms with E-state index < -0.39 is 0 Å². The summed E-state index contributed by atoms with van der Waals surface area (Å²) in [5.41, 5.74) is 6.46. The van der Waals surface area contributed by atoms with Crippen LogP contribution in [0.15, 0.2) is 12.1 Å². The largest absolute Gasteiger partial charge is 0.476 e. The van der Waals surface area contributed by atoms with Gasteiger partial charge in [0.2, 0.25) is 5.88 Å². The van der Waals surface area contributed by atoms with Crippen molar-refractivity contribution in [3.8, 4) is 5.88 Å². The van der Waals surface area contributed by atoms with Crippen molar-refractivity contribution in [3.05, 3.63) is 12.1 Å². The van der Waals surface area contributed by atoms with E-state index in [4.69, 9.17) is 15.6 Å². The number of nitrogens with zero attached hydrogens (tertiary/aromatic N) is 1. The minimum Gasteiger partial charge on any atom is -0.476 e. The first-order valence-corrected chi connectivity index (χ1v) is 7.47. The fraction of sp³-hybridized carbons (Fsp3) is 0.667. The third-order valence-electron chi connectivity index (χ3n) is 3.73. The molecule has 0 spiro atoms. The number of nitrogens with two attached hydrogens (primary N) is 1. The van der Waals surface area contributed by atoms with Crippen LogP contribution in [0, 0.1) is 11.8 Å². The average Bonchev–Trinajstić information content (AvgIpc) is 3.27. The molecule has 20 heavy (non-hydrogen) atoms. The second kappa shape index (κ2) is 7.33. The van der Waals surface area contributed by atoms with Crippen molar-refractivity contribution in [2.75, 3.05) is 30.8 Å².